The quantitative estimate of drug-likeness (QED) is 0.623. The Morgan fingerprint density at radius 3 is 2.42 bits per heavy atom. The van der Waals surface area contributed by atoms with Gasteiger partial charge in [0.15, 0.2) is 0 Å². The Balaban J connectivity index is 2.17. The standard InChI is InChI=1S/C9H10O3/c1-8-2-4-3-9(8,7(11)12)6(8)5(4)10/h4,6H,2-3H2,1H3,(H,11,12). The van der Waals surface area contributed by atoms with Crippen molar-refractivity contribution in [3.05, 3.63) is 0 Å². The van der Waals surface area contributed by atoms with Crippen LogP contribution in [0, 0.1) is 22.7 Å². The Labute approximate surface area is 69.8 Å². The van der Waals surface area contributed by atoms with Crippen molar-refractivity contribution in [2.75, 3.05) is 0 Å². The molecule has 0 aliphatic heterocycles. The number of ketones is 1. The Kier molecular flexibility index (Phi) is 0.741. The molecule has 4 saturated carbocycles. The van der Waals surface area contributed by atoms with E-state index in [0.29, 0.717) is 6.42 Å². The van der Waals surface area contributed by atoms with E-state index in [1.807, 2.05) is 6.92 Å². The molecule has 4 atom stereocenters. The third kappa shape index (κ3) is 0.341. The van der Waals surface area contributed by atoms with Crippen LogP contribution in [0.5, 0.6) is 0 Å². The van der Waals surface area contributed by atoms with E-state index in [0.717, 1.165) is 6.42 Å². The van der Waals surface area contributed by atoms with Crippen molar-refractivity contribution >= 4 is 11.8 Å². The minimum Gasteiger partial charge on any atom is -0.481 e. The molecule has 12 heavy (non-hydrogen) atoms. The van der Waals surface area contributed by atoms with Gasteiger partial charge >= 0.3 is 5.97 Å². The molecule has 4 rings (SSSR count). The van der Waals surface area contributed by atoms with Crippen LogP contribution in [0.1, 0.15) is 19.8 Å². The van der Waals surface area contributed by atoms with Crippen LogP contribution in [0.4, 0.5) is 0 Å². The van der Waals surface area contributed by atoms with Gasteiger partial charge in [-0.15, -0.1) is 0 Å². The average Bonchev–Trinajstić information content (AvgIpc) is 2.31. The highest BCUT2D eigenvalue weighted by atomic mass is 16.4. The van der Waals surface area contributed by atoms with E-state index in [2.05, 4.69) is 0 Å². The molecule has 0 amide bonds. The fraction of sp³-hybridized carbons (Fsp3) is 0.778. The smallest absolute Gasteiger partial charge is 0.310 e. The van der Waals surface area contributed by atoms with Crippen molar-refractivity contribution in [3.8, 4) is 0 Å². The van der Waals surface area contributed by atoms with Gasteiger partial charge < -0.3 is 5.11 Å². The van der Waals surface area contributed by atoms with Gasteiger partial charge in [-0.1, -0.05) is 6.92 Å². The van der Waals surface area contributed by atoms with Gasteiger partial charge in [0.25, 0.3) is 0 Å². The molecule has 0 aromatic heterocycles. The number of rotatable bonds is 1. The summed E-state index contributed by atoms with van der Waals surface area (Å²) in [5.74, 6) is -0.577. The number of hydrogen-bond acceptors (Lipinski definition) is 2. The summed E-state index contributed by atoms with van der Waals surface area (Å²) in [4.78, 5) is 22.4. The van der Waals surface area contributed by atoms with E-state index in [4.69, 9.17) is 5.11 Å². The first-order valence-electron chi connectivity index (χ1n) is 4.31. The molecular formula is C9H10O3. The van der Waals surface area contributed by atoms with Crippen molar-refractivity contribution < 1.29 is 14.7 Å². The average molecular weight is 166 g/mol. The van der Waals surface area contributed by atoms with Crippen LogP contribution in [0.15, 0.2) is 0 Å². The van der Waals surface area contributed by atoms with Crippen molar-refractivity contribution in [2.45, 2.75) is 19.8 Å². The van der Waals surface area contributed by atoms with Gasteiger partial charge in [-0.05, 0) is 18.3 Å². The van der Waals surface area contributed by atoms with Gasteiger partial charge in [0.05, 0.1) is 5.41 Å². The summed E-state index contributed by atoms with van der Waals surface area (Å²) in [5.41, 5.74) is -0.796. The molecule has 4 unspecified atom stereocenters. The number of carbonyl (C=O) groups excluding carboxylic acids is 1. The predicted molar refractivity (Wildman–Crippen MR) is 39.4 cm³/mol. The zero-order valence-corrected chi connectivity index (χ0v) is 6.83. The molecule has 1 N–H and O–H groups in total. The molecule has 3 nitrogen and oxygen atoms in total. The van der Waals surface area contributed by atoms with Crippen LogP contribution in [0.25, 0.3) is 0 Å². The number of carboxylic acid groups (broad SMARTS) is 1. The molecule has 0 radical (unpaired) electrons. The van der Waals surface area contributed by atoms with Gasteiger partial charge in [0, 0.05) is 11.8 Å². The normalized spacial score (nSPS) is 59.2. The zero-order chi connectivity index (χ0) is 8.72. The largest absolute Gasteiger partial charge is 0.481 e. The Bertz CT molecular complexity index is 322. The van der Waals surface area contributed by atoms with Crippen LogP contribution in [0.2, 0.25) is 0 Å². The minimum absolute atomic E-state index is 0.0797. The highest BCUT2D eigenvalue weighted by Gasteiger charge is 2.90. The highest BCUT2D eigenvalue weighted by molar-refractivity contribution is 6.04. The van der Waals surface area contributed by atoms with Gasteiger partial charge in [0.2, 0.25) is 0 Å². The molecule has 4 fully saturated rings. The monoisotopic (exact) mass is 166 g/mol. The van der Waals surface area contributed by atoms with E-state index < -0.39 is 11.4 Å². The molecule has 3 heteroatoms. The summed E-state index contributed by atoms with van der Waals surface area (Å²) < 4.78 is 0. The lowest BCUT2D eigenvalue weighted by Crippen LogP contribution is -2.17. The van der Waals surface area contributed by atoms with Crippen LogP contribution < -0.4 is 0 Å². The van der Waals surface area contributed by atoms with Crippen molar-refractivity contribution in [3.63, 3.8) is 0 Å². The first kappa shape index (κ1) is 6.63. The summed E-state index contributed by atoms with van der Waals surface area (Å²) >= 11 is 0. The summed E-state index contributed by atoms with van der Waals surface area (Å²) in [5, 5.41) is 9.04. The van der Waals surface area contributed by atoms with Crippen molar-refractivity contribution in [2.24, 2.45) is 22.7 Å². The summed E-state index contributed by atoms with van der Waals surface area (Å²) in [6.45, 7) is 1.96. The molecule has 4 bridgehead atoms. The molecule has 64 valence electrons. The second kappa shape index (κ2) is 1.34. The van der Waals surface area contributed by atoms with Gasteiger partial charge in [-0.25, -0.2) is 0 Å². The minimum atomic E-state index is -0.747. The second-order valence-electron chi connectivity index (χ2n) is 4.63. The van der Waals surface area contributed by atoms with E-state index >= 15 is 0 Å². The van der Waals surface area contributed by atoms with Gasteiger partial charge in [-0.2, -0.15) is 0 Å². The maximum Gasteiger partial charge on any atom is 0.310 e. The highest BCUT2D eigenvalue weighted by Crippen LogP contribution is 2.85. The Morgan fingerprint density at radius 2 is 2.25 bits per heavy atom. The Hall–Kier alpha value is -0.860. The molecule has 0 aromatic rings. The maximum atomic E-state index is 11.4. The maximum absolute atomic E-state index is 11.4. The van der Waals surface area contributed by atoms with E-state index in [-0.39, 0.29) is 23.0 Å². The number of hydrogen-bond donors (Lipinski definition) is 1. The van der Waals surface area contributed by atoms with Crippen LogP contribution in [-0.4, -0.2) is 16.9 Å². The van der Waals surface area contributed by atoms with E-state index in [1.165, 1.54) is 0 Å². The van der Waals surface area contributed by atoms with Crippen LogP contribution >= 0.6 is 0 Å². The third-order valence-electron chi connectivity index (χ3n) is 4.37. The van der Waals surface area contributed by atoms with Gasteiger partial charge in [0.1, 0.15) is 5.78 Å². The van der Waals surface area contributed by atoms with E-state index in [9.17, 15) is 9.59 Å². The summed E-state index contributed by atoms with van der Waals surface area (Å²) in [7, 11) is 0. The lowest BCUT2D eigenvalue weighted by atomic mass is 9.99. The van der Waals surface area contributed by atoms with Gasteiger partial charge in [-0.3, -0.25) is 9.59 Å². The first-order chi connectivity index (χ1) is 5.54. The SMILES string of the molecule is CC12CC3CC1(C(=O)O)C2C3=O. The molecule has 0 saturated heterocycles. The number of carboxylic acids is 1. The van der Waals surface area contributed by atoms with E-state index in [1.54, 1.807) is 0 Å². The molecule has 0 spiro atoms. The second-order valence-corrected chi connectivity index (χ2v) is 4.63. The first-order valence-corrected chi connectivity index (χ1v) is 4.31. The number of carbonyl (C=O) groups is 2. The molecule has 0 heterocycles. The summed E-state index contributed by atoms with van der Waals surface area (Å²) in [6, 6.07) is 0. The van der Waals surface area contributed by atoms with Crippen LogP contribution in [-0.2, 0) is 9.59 Å². The molecule has 0 aromatic carbocycles. The lowest BCUT2D eigenvalue weighted by Gasteiger charge is -2.05. The number of Topliss-reactive ketones (excluding diaryl/α,β-unsaturated/α-hetero) is 1. The number of aliphatic carboxylic acids is 1. The lowest BCUT2D eigenvalue weighted by molar-refractivity contribution is -0.144. The van der Waals surface area contributed by atoms with Crippen molar-refractivity contribution in [1.29, 1.82) is 0 Å². The fourth-order valence-corrected chi connectivity index (χ4v) is 3.83. The molecule has 4 aliphatic carbocycles. The van der Waals surface area contributed by atoms with Crippen LogP contribution in [0.3, 0.4) is 0 Å². The molecule has 4 aliphatic rings. The molecular weight excluding hydrogens is 156 g/mol. The third-order valence-corrected chi connectivity index (χ3v) is 4.37. The van der Waals surface area contributed by atoms with Crippen molar-refractivity contribution in [1.82, 2.24) is 0 Å². The topological polar surface area (TPSA) is 54.4 Å². The zero-order valence-electron chi connectivity index (χ0n) is 6.83. The predicted octanol–water partition coefficient (Wildman–Crippen LogP) is 0.686. The fourth-order valence-electron chi connectivity index (χ4n) is 3.83. The Morgan fingerprint density at radius 1 is 1.58 bits per heavy atom. The summed E-state index contributed by atoms with van der Waals surface area (Å²) in [6.07, 6.45) is 1.44.